The topological polar surface area (TPSA) is 77.2 Å². The number of nitrogens with two attached hydrogens (primary N) is 1. The molecule has 2 heterocycles. The zero-order chi connectivity index (χ0) is 16.2. The van der Waals surface area contributed by atoms with E-state index in [9.17, 15) is 4.79 Å². The van der Waals surface area contributed by atoms with E-state index in [2.05, 4.69) is 36.5 Å². The van der Waals surface area contributed by atoms with E-state index >= 15 is 0 Å². The van der Waals surface area contributed by atoms with Gasteiger partial charge in [-0.15, -0.1) is 11.3 Å². The number of carbonyl (C=O) groups is 1. The molecule has 3 N–H and O–H groups in total. The Morgan fingerprint density at radius 2 is 2.18 bits per heavy atom. The summed E-state index contributed by atoms with van der Waals surface area (Å²) in [6.07, 6.45) is 2.50. The first kappa shape index (κ1) is 17.4. The molecule has 1 aromatic rings. The van der Waals surface area contributed by atoms with Crippen molar-refractivity contribution < 1.29 is 9.53 Å². The van der Waals surface area contributed by atoms with Crippen LogP contribution in [0.4, 0.5) is 0 Å². The molecule has 0 radical (unpaired) electrons. The first-order valence-corrected chi connectivity index (χ1v) is 8.82. The van der Waals surface area contributed by atoms with Crippen molar-refractivity contribution in [2.24, 2.45) is 11.7 Å². The lowest BCUT2D eigenvalue weighted by atomic mass is 9.92. The second kappa shape index (κ2) is 7.53. The smallest absolute Gasteiger partial charge is 0.237 e. The predicted octanol–water partition coefficient (Wildman–Crippen LogP) is 1.85. The van der Waals surface area contributed by atoms with Gasteiger partial charge in [-0.25, -0.2) is 4.98 Å². The normalized spacial score (nSPS) is 18.2. The Balaban J connectivity index is 1.75. The molecule has 124 valence electrons. The average Bonchev–Trinajstić information content (AvgIpc) is 2.96. The molecule has 2 rings (SSSR count). The highest BCUT2D eigenvalue weighted by atomic mass is 32.1. The van der Waals surface area contributed by atoms with E-state index in [1.165, 1.54) is 0 Å². The third-order valence-corrected chi connectivity index (χ3v) is 4.94. The molecular weight excluding hydrogens is 298 g/mol. The molecule has 1 aliphatic rings. The molecule has 5 nitrogen and oxygen atoms in total. The summed E-state index contributed by atoms with van der Waals surface area (Å²) < 4.78 is 5.30. The Morgan fingerprint density at radius 1 is 1.50 bits per heavy atom. The van der Waals surface area contributed by atoms with E-state index in [1.54, 1.807) is 11.3 Å². The standard InChI is InChI=1S/C16H27N3O2S/c1-16(2,3)12-10-22-13(19-12)4-7-18-15(20)14(17)11-5-8-21-9-6-11/h10-11,14H,4-9,17H2,1-3H3,(H,18,20). The van der Waals surface area contributed by atoms with Gasteiger partial charge in [0.1, 0.15) is 0 Å². The number of nitrogens with one attached hydrogen (secondary N) is 1. The molecule has 1 aliphatic heterocycles. The number of thiazole rings is 1. The molecule has 1 atom stereocenters. The van der Waals surface area contributed by atoms with Gasteiger partial charge < -0.3 is 15.8 Å². The number of amides is 1. The zero-order valence-corrected chi connectivity index (χ0v) is 14.5. The molecule has 0 aliphatic carbocycles. The second-order valence-electron chi connectivity index (χ2n) is 6.89. The first-order valence-electron chi connectivity index (χ1n) is 7.94. The van der Waals surface area contributed by atoms with Gasteiger partial charge in [0.05, 0.1) is 16.7 Å². The summed E-state index contributed by atoms with van der Waals surface area (Å²) >= 11 is 1.65. The summed E-state index contributed by atoms with van der Waals surface area (Å²) in [5.74, 6) is 0.181. The van der Waals surface area contributed by atoms with E-state index in [4.69, 9.17) is 10.5 Å². The maximum absolute atomic E-state index is 12.1. The van der Waals surface area contributed by atoms with Gasteiger partial charge in [0.2, 0.25) is 5.91 Å². The SMILES string of the molecule is CC(C)(C)c1csc(CCNC(=O)C(N)C2CCOCC2)n1. The van der Waals surface area contributed by atoms with Gasteiger partial charge in [-0.3, -0.25) is 4.79 Å². The van der Waals surface area contributed by atoms with E-state index in [0.29, 0.717) is 19.8 Å². The van der Waals surface area contributed by atoms with Crippen LogP contribution in [0.3, 0.4) is 0 Å². The van der Waals surface area contributed by atoms with E-state index < -0.39 is 6.04 Å². The molecule has 0 spiro atoms. The monoisotopic (exact) mass is 325 g/mol. The number of carbonyl (C=O) groups excluding carboxylic acids is 1. The van der Waals surface area contributed by atoms with Crippen LogP contribution in [-0.4, -0.2) is 36.7 Å². The fourth-order valence-electron chi connectivity index (χ4n) is 2.47. The lowest BCUT2D eigenvalue weighted by Crippen LogP contribution is -2.47. The van der Waals surface area contributed by atoms with Crippen LogP contribution >= 0.6 is 11.3 Å². The van der Waals surface area contributed by atoms with E-state index in [1.807, 2.05) is 0 Å². The third-order valence-electron chi connectivity index (χ3n) is 4.03. The highest BCUT2D eigenvalue weighted by molar-refractivity contribution is 7.09. The van der Waals surface area contributed by atoms with Crippen molar-refractivity contribution in [1.29, 1.82) is 0 Å². The predicted molar refractivity (Wildman–Crippen MR) is 89.0 cm³/mol. The zero-order valence-electron chi connectivity index (χ0n) is 13.7. The van der Waals surface area contributed by atoms with Gasteiger partial charge in [0, 0.05) is 37.0 Å². The van der Waals surface area contributed by atoms with Crippen LogP contribution in [0.2, 0.25) is 0 Å². The quantitative estimate of drug-likeness (QED) is 0.866. The van der Waals surface area contributed by atoms with Crippen molar-refractivity contribution in [3.63, 3.8) is 0 Å². The maximum Gasteiger partial charge on any atom is 0.237 e. The van der Waals surface area contributed by atoms with Gasteiger partial charge in [0.15, 0.2) is 0 Å². The van der Waals surface area contributed by atoms with Crippen LogP contribution in [-0.2, 0) is 21.4 Å². The number of rotatable bonds is 5. The van der Waals surface area contributed by atoms with Crippen molar-refractivity contribution in [3.05, 3.63) is 16.1 Å². The number of aromatic nitrogens is 1. The fourth-order valence-corrected chi connectivity index (χ4v) is 3.49. The Kier molecular flexibility index (Phi) is 5.94. The van der Waals surface area contributed by atoms with Crippen LogP contribution in [0.1, 0.15) is 44.3 Å². The van der Waals surface area contributed by atoms with Gasteiger partial charge in [0.25, 0.3) is 0 Å². The van der Waals surface area contributed by atoms with Crippen LogP contribution in [0, 0.1) is 5.92 Å². The lowest BCUT2D eigenvalue weighted by molar-refractivity contribution is -0.124. The van der Waals surface area contributed by atoms with Crippen molar-refractivity contribution in [3.8, 4) is 0 Å². The minimum atomic E-state index is -0.426. The van der Waals surface area contributed by atoms with Crippen molar-refractivity contribution in [2.45, 2.75) is 51.5 Å². The molecule has 1 aromatic heterocycles. The van der Waals surface area contributed by atoms with E-state index in [-0.39, 0.29) is 17.2 Å². The second-order valence-corrected chi connectivity index (χ2v) is 7.84. The minimum Gasteiger partial charge on any atom is -0.381 e. The molecule has 0 saturated carbocycles. The van der Waals surface area contributed by atoms with Crippen molar-refractivity contribution in [1.82, 2.24) is 10.3 Å². The number of ether oxygens (including phenoxy) is 1. The number of hydrogen-bond acceptors (Lipinski definition) is 5. The Labute approximate surface area is 136 Å². The first-order chi connectivity index (χ1) is 10.4. The Morgan fingerprint density at radius 3 is 2.77 bits per heavy atom. The fraction of sp³-hybridized carbons (Fsp3) is 0.750. The molecule has 1 saturated heterocycles. The van der Waals surface area contributed by atoms with Crippen LogP contribution in [0.15, 0.2) is 5.38 Å². The molecule has 1 unspecified atom stereocenters. The van der Waals surface area contributed by atoms with Gasteiger partial charge >= 0.3 is 0 Å². The summed E-state index contributed by atoms with van der Waals surface area (Å²) in [5.41, 5.74) is 7.23. The molecule has 0 aromatic carbocycles. The van der Waals surface area contributed by atoms with Gasteiger partial charge in [-0.05, 0) is 18.8 Å². The molecular formula is C16H27N3O2S. The highest BCUT2D eigenvalue weighted by Gasteiger charge is 2.26. The molecule has 0 bridgehead atoms. The summed E-state index contributed by atoms with van der Waals surface area (Å²) in [6.45, 7) is 8.47. The molecule has 6 heteroatoms. The molecule has 22 heavy (non-hydrogen) atoms. The summed E-state index contributed by atoms with van der Waals surface area (Å²) in [5, 5.41) is 6.10. The van der Waals surface area contributed by atoms with Crippen LogP contribution in [0.5, 0.6) is 0 Å². The summed E-state index contributed by atoms with van der Waals surface area (Å²) in [4.78, 5) is 16.7. The Bertz CT molecular complexity index is 490. The minimum absolute atomic E-state index is 0.0560. The number of nitrogens with zero attached hydrogens (tertiary/aromatic N) is 1. The highest BCUT2D eigenvalue weighted by Crippen LogP contribution is 2.24. The van der Waals surface area contributed by atoms with Crippen LogP contribution < -0.4 is 11.1 Å². The summed E-state index contributed by atoms with van der Waals surface area (Å²) in [7, 11) is 0. The van der Waals surface area contributed by atoms with Gasteiger partial charge in [-0.2, -0.15) is 0 Å². The maximum atomic E-state index is 12.1. The van der Waals surface area contributed by atoms with Crippen molar-refractivity contribution in [2.75, 3.05) is 19.8 Å². The van der Waals surface area contributed by atoms with Crippen molar-refractivity contribution >= 4 is 17.2 Å². The average molecular weight is 325 g/mol. The van der Waals surface area contributed by atoms with Crippen LogP contribution in [0.25, 0.3) is 0 Å². The lowest BCUT2D eigenvalue weighted by Gasteiger charge is -2.26. The Hall–Kier alpha value is -0.980. The third kappa shape index (κ3) is 4.76. The molecule has 1 amide bonds. The number of hydrogen-bond donors (Lipinski definition) is 2. The van der Waals surface area contributed by atoms with E-state index in [0.717, 1.165) is 30.0 Å². The summed E-state index contributed by atoms with van der Waals surface area (Å²) in [6, 6.07) is -0.426. The largest absolute Gasteiger partial charge is 0.381 e. The molecule has 1 fully saturated rings. The van der Waals surface area contributed by atoms with Gasteiger partial charge in [-0.1, -0.05) is 20.8 Å².